The van der Waals surface area contributed by atoms with Gasteiger partial charge in [0.25, 0.3) is 5.91 Å². The van der Waals surface area contributed by atoms with E-state index >= 15 is 0 Å². The van der Waals surface area contributed by atoms with Crippen molar-refractivity contribution in [1.82, 2.24) is 4.98 Å². The Morgan fingerprint density at radius 1 is 1.27 bits per heavy atom. The molecule has 0 unspecified atom stereocenters. The fraction of sp³-hybridized carbons (Fsp3) is 0.316. The summed E-state index contributed by atoms with van der Waals surface area (Å²) in [6.07, 6.45) is 3.48. The lowest BCUT2D eigenvalue weighted by molar-refractivity contribution is -0.110. The van der Waals surface area contributed by atoms with Gasteiger partial charge in [0.05, 0.1) is 24.3 Å². The van der Waals surface area contributed by atoms with Crippen LogP contribution in [0, 0.1) is 5.92 Å². The summed E-state index contributed by atoms with van der Waals surface area (Å²) < 4.78 is 0. The van der Waals surface area contributed by atoms with Gasteiger partial charge in [-0.3, -0.25) is 9.78 Å². The number of carbonyl (C=O) groups excluding carboxylic acids is 1. The molecule has 3 heterocycles. The molecule has 2 aliphatic rings. The van der Waals surface area contributed by atoms with Gasteiger partial charge in [-0.1, -0.05) is 11.2 Å². The summed E-state index contributed by atoms with van der Waals surface area (Å²) in [5.41, 5.74) is 3.25. The number of rotatable bonds is 4. The lowest BCUT2D eigenvalue weighted by atomic mass is 10.0. The molecule has 1 N–H and O–H groups in total. The van der Waals surface area contributed by atoms with Crippen LogP contribution < -0.4 is 15.1 Å². The maximum absolute atomic E-state index is 12.7. The number of pyridine rings is 1. The predicted octanol–water partition coefficient (Wildman–Crippen LogP) is 1.98. The van der Waals surface area contributed by atoms with Crippen molar-refractivity contribution in [1.29, 1.82) is 0 Å². The molecule has 7 heteroatoms. The zero-order valence-corrected chi connectivity index (χ0v) is 14.8. The second-order valence-corrected chi connectivity index (χ2v) is 6.74. The minimum Gasteiger partial charge on any atom is -0.389 e. The molecule has 1 saturated heterocycles. The third-order valence-electron chi connectivity index (χ3n) is 4.77. The summed E-state index contributed by atoms with van der Waals surface area (Å²) in [6.45, 7) is 1.40. The van der Waals surface area contributed by atoms with Crippen molar-refractivity contribution in [2.75, 3.05) is 42.3 Å². The number of hydrogen-bond donors (Lipinski definition) is 1. The Balaban J connectivity index is 1.45. The second kappa shape index (κ2) is 6.67. The number of nitrogens with one attached hydrogen (secondary N) is 1. The molecule has 1 fully saturated rings. The molecule has 7 nitrogen and oxygen atoms in total. The van der Waals surface area contributed by atoms with Gasteiger partial charge in [0, 0.05) is 38.2 Å². The summed E-state index contributed by atoms with van der Waals surface area (Å²) >= 11 is 0. The van der Waals surface area contributed by atoms with E-state index in [0.717, 1.165) is 17.1 Å². The molecule has 1 aromatic heterocycles. The maximum atomic E-state index is 12.7. The van der Waals surface area contributed by atoms with E-state index in [-0.39, 0.29) is 17.9 Å². The smallest absolute Gasteiger partial charge is 0.273 e. The van der Waals surface area contributed by atoms with Crippen LogP contribution in [0.15, 0.2) is 53.9 Å². The summed E-state index contributed by atoms with van der Waals surface area (Å²) in [4.78, 5) is 26.6. The summed E-state index contributed by atoms with van der Waals surface area (Å²) in [6, 6.07) is 11.6. The molecule has 0 saturated carbocycles. The SMILES string of the molecule is CN(C)c1cccc(NC(=O)C2=NO[C@@H]3CN(c4cccnc4)C[C@H]23)c1. The third kappa shape index (κ3) is 3.08. The molecule has 26 heavy (non-hydrogen) atoms. The van der Waals surface area contributed by atoms with Gasteiger partial charge < -0.3 is 20.0 Å². The number of fused-ring (bicyclic) bond motifs is 1. The van der Waals surface area contributed by atoms with Crippen LogP contribution in [0.5, 0.6) is 0 Å². The Morgan fingerprint density at radius 3 is 2.92 bits per heavy atom. The molecular weight excluding hydrogens is 330 g/mol. The lowest BCUT2D eigenvalue weighted by Crippen LogP contribution is -2.32. The lowest BCUT2D eigenvalue weighted by Gasteiger charge is -2.18. The number of hydrogen-bond acceptors (Lipinski definition) is 6. The number of benzene rings is 1. The Morgan fingerprint density at radius 2 is 2.15 bits per heavy atom. The van der Waals surface area contributed by atoms with Crippen molar-refractivity contribution in [3.8, 4) is 0 Å². The molecule has 0 bridgehead atoms. The zero-order chi connectivity index (χ0) is 18.1. The number of anilines is 3. The average Bonchev–Trinajstić information content (AvgIpc) is 3.23. The standard InChI is InChI=1S/C19H21N5O2/c1-23(2)14-6-3-5-13(9-14)21-19(25)18-16-11-24(12-17(16)26-22-18)15-7-4-8-20-10-15/h3-10,16-17H,11-12H2,1-2H3,(H,21,25)/t16-,17+/m0/s1. The fourth-order valence-electron chi connectivity index (χ4n) is 3.35. The molecular formula is C19H21N5O2. The monoisotopic (exact) mass is 351 g/mol. The predicted molar refractivity (Wildman–Crippen MR) is 102 cm³/mol. The van der Waals surface area contributed by atoms with Crippen LogP contribution in [0.1, 0.15) is 0 Å². The number of amides is 1. The molecule has 0 radical (unpaired) electrons. The van der Waals surface area contributed by atoms with E-state index in [4.69, 9.17) is 4.84 Å². The van der Waals surface area contributed by atoms with Crippen molar-refractivity contribution < 1.29 is 9.63 Å². The molecule has 1 amide bonds. The second-order valence-electron chi connectivity index (χ2n) is 6.74. The highest BCUT2D eigenvalue weighted by Crippen LogP contribution is 2.31. The van der Waals surface area contributed by atoms with Gasteiger partial charge in [0.1, 0.15) is 0 Å². The number of carbonyl (C=O) groups is 1. The molecule has 2 aromatic rings. The van der Waals surface area contributed by atoms with Gasteiger partial charge in [0.2, 0.25) is 0 Å². The van der Waals surface area contributed by atoms with E-state index in [0.29, 0.717) is 18.8 Å². The Kier molecular flexibility index (Phi) is 4.20. The molecule has 2 atom stereocenters. The van der Waals surface area contributed by atoms with Crippen molar-refractivity contribution in [3.05, 3.63) is 48.8 Å². The van der Waals surface area contributed by atoms with Gasteiger partial charge in [-0.15, -0.1) is 0 Å². The summed E-state index contributed by atoms with van der Waals surface area (Å²) in [5.74, 6) is -0.242. The summed E-state index contributed by atoms with van der Waals surface area (Å²) in [7, 11) is 3.93. The van der Waals surface area contributed by atoms with Crippen LogP contribution in [0.4, 0.5) is 17.1 Å². The van der Waals surface area contributed by atoms with Crippen LogP contribution in [0.2, 0.25) is 0 Å². The first-order valence-electron chi connectivity index (χ1n) is 8.59. The minimum atomic E-state index is -0.207. The molecule has 0 aliphatic carbocycles. The van der Waals surface area contributed by atoms with Crippen LogP contribution >= 0.6 is 0 Å². The van der Waals surface area contributed by atoms with Gasteiger partial charge in [-0.2, -0.15) is 0 Å². The number of aromatic nitrogens is 1. The first-order valence-corrected chi connectivity index (χ1v) is 8.59. The van der Waals surface area contributed by atoms with E-state index in [1.807, 2.05) is 61.6 Å². The van der Waals surface area contributed by atoms with Crippen LogP contribution in [-0.4, -0.2) is 49.9 Å². The minimum absolute atomic E-state index is 0.0350. The fourth-order valence-corrected chi connectivity index (χ4v) is 3.35. The van der Waals surface area contributed by atoms with Crippen molar-refractivity contribution in [2.45, 2.75) is 6.10 Å². The van der Waals surface area contributed by atoms with Crippen LogP contribution in [0.25, 0.3) is 0 Å². The normalized spacial score (nSPS) is 21.0. The van der Waals surface area contributed by atoms with E-state index in [9.17, 15) is 4.79 Å². The Labute approximate surface area is 152 Å². The topological polar surface area (TPSA) is 70.1 Å². The first-order chi connectivity index (χ1) is 12.6. The van der Waals surface area contributed by atoms with Gasteiger partial charge in [0.15, 0.2) is 11.8 Å². The molecule has 1 aromatic carbocycles. The van der Waals surface area contributed by atoms with Crippen molar-refractivity contribution in [3.63, 3.8) is 0 Å². The Bertz CT molecular complexity index is 837. The van der Waals surface area contributed by atoms with Crippen LogP contribution in [-0.2, 0) is 9.63 Å². The zero-order valence-electron chi connectivity index (χ0n) is 14.8. The molecule has 2 aliphatic heterocycles. The largest absolute Gasteiger partial charge is 0.389 e. The summed E-state index contributed by atoms with van der Waals surface area (Å²) in [5, 5.41) is 6.99. The number of nitrogens with zero attached hydrogens (tertiary/aromatic N) is 4. The molecule has 0 spiro atoms. The molecule has 4 rings (SSSR count). The van der Waals surface area contributed by atoms with Gasteiger partial charge in [-0.05, 0) is 30.3 Å². The average molecular weight is 351 g/mol. The van der Waals surface area contributed by atoms with E-state index < -0.39 is 0 Å². The number of oxime groups is 1. The van der Waals surface area contributed by atoms with Crippen LogP contribution in [0.3, 0.4) is 0 Å². The quantitative estimate of drug-likeness (QED) is 0.912. The van der Waals surface area contributed by atoms with E-state index in [1.165, 1.54) is 0 Å². The van der Waals surface area contributed by atoms with E-state index in [2.05, 4.69) is 20.4 Å². The van der Waals surface area contributed by atoms with Crippen molar-refractivity contribution >= 4 is 28.7 Å². The highest BCUT2D eigenvalue weighted by Gasteiger charge is 2.45. The highest BCUT2D eigenvalue weighted by atomic mass is 16.6. The molecule has 134 valence electrons. The Hall–Kier alpha value is -3.09. The van der Waals surface area contributed by atoms with E-state index in [1.54, 1.807) is 6.20 Å². The van der Waals surface area contributed by atoms with Gasteiger partial charge >= 0.3 is 0 Å². The first kappa shape index (κ1) is 16.4. The van der Waals surface area contributed by atoms with Crippen molar-refractivity contribution in [2.24, 2.45) is 11.1 Å². The maximum Gasteiger partial charge on any atom is 0.273 e. The third-order valence-corrected chi connectivity index (χ3v) is 4.77. The highest BCUT2D eigenvalue weighted by molar-refractivity contribution is 6.44. The van der Waals surface area contributed by atoms with Gasteiger partial charge in [-0.25, -0.2) is 0 Å².